The smallest absolute Gasteiger partial charge is 0.138 e. The molecule has 0 aliphatic carbocycles. The first-order valence-electron chi connectivity index (χ1n) is 7.18. The third kappa shape index (κ3) is 5.86. The normalized spacial score (nSPS) is 11.6. The minimum Gasteiger partial charge on any atom is -0.306 e. The van der Waals surface area contributed by atoms with Crippen LogP contribution in [0.3, 0.4) is 0 Å². The molecule has 0 radical (unpaired) electrons. The number of aromatic nitrogens is 2. The molecular weight excluding hydrogens is 278 g/mol. The van der Waals surface area contributed by atoms with Gasteiger partial charge in [-0.3, -0.25) is 0 Å². The predicted molar refractivity (Wildman–Crippen MR) is 89.4 cm³/mol. The van der Waals surface area contributed by atoms with Crippen LogP contribution in [0.1, 0.15) is 37.9 Å². The van der Waals surface area contributed by atoms with Crippen LogP contribution in [0.4, 0.5) is 0 Å². The molecule has 4 heteroatoms. The number of thioether (sulfide) groups is 1. The molecule has 21 heavy (non-hydrogen) atoms. The van der Waals surface area contributed by atoms with Crippen molar-refractivity contribution in [2.75, 3.05) is 0 Å². The number of aryl methyl sites for hydroxylation is 1. The van der Waals surface area contributed by atoms with Crippen molar-refractivity contribution in [3.63, 3.8) is 0 Å². The Labute approximate surface area is 131 Å². The fourth-order valence-corrected chi connectivity index (χ4v) is 2.70. The van der Waals surface area contributed by atoms with Gasteiger partial charge in [-0.2, -0.15) is 0 Å². The zero-order valence-electron chi connectivity index (χ0n) is 13.2. The predicted octanol–water partition coefficient (Wildman–Crippen LogP) is 3.97. The van der Waals surface area contributed by atoms with Crippen LogP contribution >= 0.6 is 11.8 Å². The molecule has 0 aliphatic rings. The molecule has 1 aromatic heterocycles. The monoisotopic (exact) mass is 301 g/mol. The van der Waals surface area contributed by atoms with Gasteiger partial charge < -0.3 is 5.32 Å². The first-order valence-corrected chi connectivity index (χ1v) is 8.16. The highest BCUT2D eigenvalue weighted by Gasteiger charge is 2.09. The zero-order valence-corrected chi connectivity index (χ0v) is 14.0. The second-order valence-electron chi connectivity index (χ2n) is 6.17. The lowest BCUT2D eigenvalue weighted by molar-refractivity contribution is 0.421. The standard InChI is InChI=1S/C17H23N3S/c1-13-6-5-7-15(10-13)21-12-16-18-9-8-14(20-16)11-19-17(2,3)4/h5-10,19H,11-12H2,1-4H3. The van der Waals surface area contributed by atoms with Gasteiger partial charge in [-0.05, 0) is 45.9 Å². The average molecular weight is 301 g/mol. The maximum Gasteiger partial charge on any atom is 0.138 e. The third-order valence-corrected chi connectivity index (χ3v) is 3.91. The van der Waals surface area contributed by atoms with Gasteiger partial charge in [0.25, 0.3) is 0 Å². The van der Waals surface area contributed by atoms with Gasteiger partial charge in [0, 0.05) is 23.2 Å². The molecule has 112 valence electrons. The summed E-state index contributed by atoms with van der Waals surface area (Å²) < 4.78 is 0. The fraction of sp³-hybridized carbons (Fsp3) is 0.412. The first kappa shape index (κ1) is 16.0. The van der Waals surface area contributed by atoms with Crippen molar-refractivity contribution in [1.82, 2.24) is 15.3 Å². The number of hydrogen-bond donors (Lipinski definition) is 1. The Morgan fingerprint density at radius 2 is 2.00 bits per heavy atom. The molecule has 2 aromatic rings. The fourth-order valence-electron chi connectivity index (χ4n) is 1.82. The Kier molecular flexibility index (Phi) is 5.37. The van der Waals surface area contributed by atoms with Crippen LogP contribution in [0.2, 0.25) is 0 Å². The summed E-state index contributed by atoms with van der Waals surface area (Å²) >= 11 is 1.77. The van der Waals surface area contributed by atoms with E-state index in [2.05, 4.69) is 67.2 Å². The number of rotatable bonds is 5. The molecule has 1 aromatic carbocycles. The van der Waals surface area contributed by atoms with Gasteiger partial charge in [-0.1, -0.05) is 17.7 Å². The third-order valence-electron chi connectivity index (χ3n) is 2.92. The zero-order chi connectivity index (χ0) is 15.3. The van der Waals surface area contributed by atoms with Crippen molar-refractivity contribution in [3.05, 3.63) is 53.6 Å². The van der Waals surface area contributed by atoms with Gasteiger partial charge in [-0.15, -0.1) is 11.8 Å². The van der Waals surface area contributed by atoms with E-state index in [1.54, 1.807) is 11.8 Å². The lowest BCUT2D eigenvalue weighted by Gasteiger charge is -2.20. The summed E-state index contributed by atoms with van der Waals surface area (Å²) in [6.07, 6.45) is 1.85. The molecule has 0 atom stereocenters. The molecule has 2 rings (SSSR count). The van der Waals surface area contributed by atoms with Gasteiger partial charge in [0.15, 0.2) is 0 Å². The molecule has 0 unspecified atom stereocenters. The number of hydrogen-bond acceptors (Lipinski definition) is 4. The minimum atomic E-state index is 0.0986. The summed E-state index contributed by atoms with van der Waals surface area (Å²) in [7, 11) is 0. The maximum atomic E-state index is 4.62. The van der Waals surface area contributed by atoms with E-state index >= 15 is 0 Å². The molecule has 0 saturated heterocycles. The number of benzene rings is 1. The largest absolute Gasteiger partial charge is 0.306 e. The van der Waals surface area contributed by atoms with E-state index in [4.69, 9.17) is 0 Å². The summed E-state index contributed by atoms with van der Waals surface area (Å²) in [6.45, 7) is 9.35. The van der Waals surface area contributed by atoms with Crippen molar-refractivity contribution in [3.8, 4) is 0 Å². The molecule has 0 bridgehead atoms. The van der Waals surface area contributed by atoms with Gasteiger partial charge in [0.1, 0.15) is 5.82 Å². The van der Waals surface area contributed by atoms with Gasteiger partial charge in [0.05, 0.1) is 11.4 Å². The van der Waals surface area contributed by atoms with E-state index in [0.717, 1.165) is 23.8 Å². The SMILES string of the molecule is Cc1cccc(SCc2nccc(CNC(C)(C)C)n2)c1. The minimum absolute atomic E-state index is 0.0986. The molecule has 0 amide bonds. The van der Waals surface area contributed by atoms with Crippen molar-refractivity contribution in [2.45, 2.75) is 50.4 Å². The van der Waals surface area contributed by atoms with Crippen molar-refractivity contribution in [1.29, 1.82) is 0 Å². The topological polar surface area (TPSA) is 37.8 Å². The van der Waals surface area contributed by atoms with Crippen molar-refractivity contribution in [2.24, 2.45) is 0 Å². The molecule has 0 saturated carbocycles. The second kappa shape index (κ2) is 7.05. The molecular formula is C17H23N3S. The van der Waals surface area contributed by atoms with E-state index in [1.165, 1.54) is 10.5 Å². The van der Waals surface area contributed by atoms with E-state index in [0.29, 0.717) is 0 Å². The highest BCUT2D eigenvalue weighted by molar-refractivity contribution is 7.98. The molecule has 0 fully saturated rings. The Hall–Kier alpha value is -1.39. The molecule has 1 heterocycles. The van der Waals surface area contributed by atoms with Gasteiger partial charge >= 0.3 is 0 Å². The average Bonchev–Trinajstić information content (AvgIpc) is 2.43. The van der Waals surface area contributed by atoms with E-state index in [1.807, 2.05) is 12.3 Å². The second-order valence-corrected chi connectivity index (χ2v) is 7.22. The maximum absolute atomic E-state index is 4.62. The number of nitrogens with one attached hydrogen (secondary N) is 1. The summed E-state index contributed by atoms with van der Waals surface area (Å²) in [5, 5.41) is 3.45. The Morgan fingerprint density at radius 3 is 2.71 bits per heavy atom. The first-order chi connectivity index (χ1) is 9.92. The van der Waals surface area contributed by atoms with Crippen LogP contribution < -0.4 is 5.32 Å². The van der Waals surface area contributed by atoms with E-state index < -0.39 is 0 Å². The van der Waals surface area contributed by atoms with Crippen molar-refractivity contribution >= 4 is 11.8 Å². The van der Waals surface area contributed by atoms with Crippen LogP contribution in [-0.4, -0.2) is 15.5 Å². The van der Waals surface area contributed by atoms with Gasteiger partial charge in [0.2, 0.25) is 0 Å². The van der Waals surface area contributed by atoms with Crippen LogP contribution in [-0.2, 0) is 12.3 Å². The Balaban J connectivity index is 1.95. The summed E-state index contributed by atoms with van der Waals surface area (Å²) in [4.78, 5) is 10.2. The molecule has 1 N–H and O–H groups in total. The molecule has 0 aliphatic heterocycles. The summed E-state index contributed by atoms with van der Waals surface area (Å²) in [5.41, 5.74) is 2.42. The van der Waals surface area contributed by atoms with Crippen LogP contribution in [0.5, 0.6) is 0 Å². The van der Waals surface area contributed by atoms with E-state index in [-0.39, 0.29) is 5.54 Å². The summed E-state index contributed by atoms with van der Waals surface area (Å²) in [6, 6.07) is 10.5. The van der Waals surface area contributed by atoms with Crippen LogP contribution in [0, 0.1) is 6.92 Å². The lowest BCUT2D eigenvalue weighted by atomic mass is 10.1. The quantitative estimate of drug-likeness (QED) is 0.848. The van der Waals surface area contributed by atoms with Crippen LogP contribution in [0.15, 0.2) is 41.4 Å². The highest BCUT2D eigenvalue weighted by atomic mass is 32.2. The molecule has 3 nitrogen and oxygen atoms in total. The highest BCUT2D eigenvalue weighted by Crippen LogP contribution is 2.22. The van der Waals surface area contributed by atoms with E-state index in [9.17, 15) is 0 Å². The Bertz CT molecular complexity index is 591. The molecule has 0 spiro atoms. The summed E-state index contributed by atoms with van der Waals surface area (Å²) in [5.74, 6) is 1.68. The lowest BCUT2D eigenvalue weighted by Crippen LogP contribution is -2.35. The Morgan fingerprint density at radius 1 is 1.19 bits per heavy atom. The van der Waals surface area contributed by atoms with Crippen LogP contribution in [0.25, 0.3) is 0 Å². The van der Waals surface area contributed by atoms with Crippen molar-refractivity contribution < 1.29 is 0 Å². The van der Waals surface area contributed by atoms with Gasteiger partial charge in [-0.25, -0.2) is 9.97 Å². The number of nitrogens with zero attached hydrogens (tertiary/aromatic N) is 2.